The van der Waals surface area contributed by atoms with Gasteiger partial charge >= 0.3 is 0 Å². The van der Waals surface area contributed by atoms with Gasteiger partial charge in [0.2, 0.25) is 0 Å². The lowest BCUT2D eigenvalue weighted by Crippen LogP contribution is -2.30. The summed E-state index contributed by atoms with van der Waals surface area (Å²) < 4.78 is 34.1. The van der Waals surface area contributed by atoms with Crippen LogP contribution in [0, 0.1) is 11.6 Å². The fraction of sp³-hybridized carbons (Fsp3) is 0.192. The van der Waals surface area contributed by atoms with Crippen LogP contribution in [0.2, 0.25) is 0 Å². The van der Waals surface area contributed by atoms with Crippen molar-refractivity contribution in [3.05, 3.63) is 94.8 Å². The van der Waals surface area contributed by atoms with Gasteiger partial charge in [0.15, 0.2) is 0 Å². The molecule has 6 nitrogen and oxygen atoms in total. The number of aromatic nitrogens is 1. The van der Waals surface area contributed by atoms with E-state index in [9.17, 15) is 23.5 Å². The van der Waals surface area contributed by atoms with Crippen LogP contribution in [0.3, 0.4) is 0 Å². The Morgan fingerprint density at radius 1 is 1.09 bits per heavy atom. The summed E-state index contributed by atoms with van der Waals surface area (Å²) in [5.41, 5.74) is 0.584. The predicted molar refractivity (Wildman–Crippen MR) is 122 cm³/mol. The maximum atomic E-state index is 14.7. The summed E-state index contributed by atoms with van der Waals surface area (Å²) in [5.74, 6) is -3.60. The number of pyridine rings is 1. The van der Waals surface area contributed by atoms with E-state index in [4.69, 9.17) is 4.74 Å². The predicted octanol–water partition coefficient (Wildman–Crippen LogP) is 5.12. The minimum absolute atomic E-state index is 0.0399. The lowest BCUT2D eigenvalue weighted by Gasteiger charge is -2.25. The van der Waals surface area contributed by atoms with E-state index < -0.39 is 40.8 Å². The molecule has 1 unspecified atom stereocenters. The van der Waals surface area contributed by atoms with E-state index in [1.165, 1.54) is 13.3 Å². The van der Waals surface area contributed by atoms with E-state index >= 15 is 0 Å². The van der Waals surface area contributed by atoms with Gasteiger partial charge in [0.25, 0.3) is 11.7 Å². The SMILES string of the molecule is COc1ccc(/C(O)=C2/C(=O)C(=O)N(c3cc(F)ccc3F)C2c2ccccn2)cc1C(C)C. The molecule has 0 saturated carbocycles. The van der Waals surface area contributed by atoms with Gasteiger partial charge in [-0.3, -0.25) is 19.5 Å². The van der Waals surface area contributed by atoms with Crippen LogP contribution < -0.4 is 9.64 Å². The number of ether oxygens (including phenoxy) is 1. The lowest BCUT2D eigenvalue weighted by atomic mass is 9.94. The summed E-state index contributed by atoms with van der Waals surface area (Å²) >= 11 is 0. The van der Waals surface area contributed by atoms with Gasteiger partial charge < -0.3 is 9.84 Å². The van der Waals surface area contributed by atoms with E-state index in [1.807, 2.05) is 13.8 Å². The monoisotopic (exact) mass is 464 g/mol. The number of benzene rings is 2. The van der Waals surface area contributed by atoms with Crippen molar-refractivity contribution in [1.29, 1.82) is 0 Å². The first-order valence-corrected chi connectivity index (χ1v) is 10.6. The van der Waals surface area contributed by atoms with Crippen molar-refractivity contribution in [2.75, 3.05) is 12.0 Å². The van der Waals surface area contributed by atoms with Crippen LogP contribution in [0.5, 0.6) is 5.75 Å². The molecule has 1 amide bonds. The molecule has 0 radical (unpaired) electrons. The molecule has 2 aromatic carbocycles. The highest BCUT2D eigenvalue weighted by Crippen LogP contribution is 2.43. The number of halogens is 2. The number of Topliss-reactive ketones (excluding diaryl/α,β-unsaturated/α-hetero) is 1. The Morgan fingerprint density at radius 2 is 1.85 bits per heavy atom. The van der Waals surface area contributed by atoms with E-state index in [0.717, 1.165) is 28.7 Å². The van der Waals surface area contributed by atoms with Gasteiger partial charge in [0, 0.05) is 17.8 Å². The Morgan fingerprint density at radius 3 is 2.50 bits per heavy atom. The van der Waals surface area contributed by atoms with Gasteiger partial charge in [-0.2, -0.15) is 0 Å². The molecule has 0 spiro atoms. The molecule has 2 heterocycles. The first kappa shape index (κ1) is 23.1. The molecule has 4 rings (SSSR count). The number of nitrogens with zero attached hydrogens (tertiary/aromatic N) is 2. The fourth-order valence-corrected chi connectivity index (χ4v) is 4.06. The largest absolute Gasteiger partial charge is 0.507 e. The number of carbonyl (C=O) groups excluding carboxylic acids is 2. The second-order valence-electron chi connectivity index (χ2n) is 8.13. The third-order valence-electron chi connectivity index (χ3n) is 5.71. The Kier molecular flexibility index (Phi) is 6.15. The van der Waals surface area contributed by atoms with Crippen molar-refractivity contribution < 1.29 is 28.2 Å². The molecule has 8 heteroatoms. The zero-order chi connectivity index (χ0) is 24.6. The Balaban J connectivity index is 1.97. The normalized spacial score (nSPS) is 17.5. The van der Waals surface area contributed by atoms with Crippen molar-refractivity contribution >= 4 is 23.1 Å². The topological polar surface area (TPSA) is 79.7 Å². The van der Waals surface area contributed by atoms with Crippen molar-refractivity contribution in [2.45, 2.75) is 25.8 Å². The summed E-state index contributed by atoms with van der Waals surface area (Å²) in [6.45, 7) is 3.89. The molecule has 3 aromatic rings. The van der Waals surface area contributed by atoms with Crippen LogP contribution in [-0.4, -0.2) is 28.9 Å². The van der Waals surface area contributed by atoms with Gasteiger partial charge in [0.05, 0.1) is 24.1 Å². The summed E-state index contributed by atoms with van der Waals surface area (Å²) in [7, 11) is 1.53. The van der Waals surface area contributed by atoms with Crippen LogP contribution in [0.1, 0.15) is 42.6 Å². The Labute approximate surface area is 195 Å². The zero-order valence-corrected chi connectivity index (χ0v) is 18.8. The quantitative estimate of drug-likeness (QED) is 0.322. The standard InChI is InChI=1S/C26H22F2N2O4/c1-14(2)17-12-15(7-10-21(17)34-3)24(31)22-23(19-6-4-5-11-29-19)30(26(33)25(22)32)20-13-16(27)8-9-18(20)28/h4-14,23,31H,1-3H3/b24-22-. The van der Waals surface area contributed by atoms with Crippen LogP contribution in [0.15, 0.2) is 66.4 Å². The minimum Gasteiger partial charge on any atom is -0.507 e. The second-order valence-corrected chi connectivity index (χ2v) is 8.13. The average Bonchev–Trinajstić information content (AvgIpc) is 3.10. The molecule has 0 bridgehead atoms. The number of rotatable bonds is 5. The number of methoxy groups -OCH3 is 1. The summed E-state index contributed by atoms with van der Waals surface area (Å²) in [6.07, 6.45) is 1.45. The number of amides is 1. The molecule has 1 aliphatic heterocycles. The highest BCUT2D eigenvalue weighted by molar-refractivity contribution is 6.51. The van der Waals surface area contributed by atoms with Crippen LogP contribution >= 0.6 is 0 Å². The van der Waals surface area contributed by atoms with Crippen LogP contribution in [0.4, 0.5) is 14.5 Å². The smallest absolute Gasteiger partial charge is 0.300 e. The molecule has 174 valence electrons. The third-order valence-corrected chi connectivity index (χ3v) is 5.71. The second kappa shape index (κ2) is 9.05. The maximum absolute atomic E-state index is 14.7. The van der Waals surface area contributed by atoms with Crippen LogP contribution in [-0.2, 0) is 9.59 Å². The molecule has 1 aliphatic rings. The fourth-order valence-electron chi connectivity index (χ4n) is 4.06. The van der Waals surface area contributed by atoms with E-state index in [0.29, 0.717) is 5.75 Å². The van der Waals surface area contributed by atoms with Gasteiger partial charge in [-0.15, -0.1) is 0 Å². The molecular formula is C26H22F2N2O4. The number of aliphatic hydroxyl groups is 1. The molecule has 1 saturated heterocycles. The van der Waals surface area contributed by atoms with Gasteiger partial charge in [-0.25, -0.2) is 8.78 Å². The Bertz CT molecular complexity index is 1310. The van der Waals surface area contributed by atoms with Gasteiger partial charge in [-0.1, -0.05) is 19.9 Å². The van der Waals surface area contributed by atoms with Gasteiger partial charge in [-0.05, 0) is 53.9 Å². The number of ketones is 1. The van der Waals surface area contributed by atoms with E-state index in [-0.39, 0.29) is 22.7 Å². The summed E-state index contributed by atoms with van der Waals surface area (Å²) in [4.78, 5) is 31.3. The van der Waals surface area contributed by atoms with Crippen LogP contribution in [0.25, 0.3) is 5.76 Å². The molecule has 34 heavy (non-hydrogen) atoms. The summed E-state index contributed by atoms with van der Waals surface area (Å²) in [5, 5.41) is 11.2. The first-order chi connectivity index (χ1) is 16.2. The number of carbonyl (C=O) groups is 2. The molecule has 0 aliphatic carbocycles. The third kappa shape index (κ3) is 3.91. The number of hydrogen-bond acceptors (Lipinski definition) is 5. The first-order valence-electron chi connectivity index (χ1n) is 10.6. The zero-order valence-electron chi connectivity index (χ0n) is 18.8. The maximum Gasteiger partial charge on any atom is 0.300 e. The molecular weight excluding hydrogens is 442 g/mol. The minimum atomic E-state index is -1.26. The average molecular weight is 464 g/mol. The molecule has 1 atom stereocenters. The van der Waals surface area contributed by atoms with E-state index in [2.05, 4.69) is 4.98 Å². The van der Waals surface area contributed by atoms with Crippen molar-refractivity contribution in [3.8, 4) is 5.75 Å². The van der Waals surface area contributed by atoms with Gasteiger partial charge in [0.1, 0.15) is 29.2 Å². The number of hydrogen-bond donors (Lipinski definition) is 1. The molecule has 1 N–H and O–H groups in total. The Hall–Kier alpha value is -4.07. The van der Waals surface area contributed by atoms with Crippen molar-refractivity contribution in [1.82, 2.24) is 4.98 Å². The summed E-state index contributed by atoms with van der Waals surface area (Å²) in [6, 6.07) is 11.1. The highest BCUT2D eigenvalue weighted by atomic mass is 19.1. The highest BCUT2D eigenvalue weighted by Gasteiger charge is 2.48. The van der Waals surface area contributed by atoms with Crippen molar-refractivity contribution in [3.63, 3.8) is 0 Å². The lowest BCUT2D eigenvalue weighted by molar-refractivity contribution is -0.132. The number of aliphatic hydroxyl groups excluding tert-OH is 1. The van der Waals surface area contributed by atoms with Crippen molar-refractivity contribution in [2.24, 2.45) is 0 Å². The van der Waals surface area contributed by atoms with E-state index in [1.54, 1.807) is 36.4 Å². The number of anilines is 1. The molecule has 1 fully saturated rings. The molecule has 1 aromatic heterocycles.